The molecule has 0 radical (unpaired) electrons. The van der Waals surface area contributed by atoms with Gasteiger partial charge in [-0.15, -0.1) is 0 Å². The number of hydrazone groups is 1. The third kappa shape index (κ3) is 5.13. The summed E-state index contributed by atoms with van der Waals surface area (Å²) < 4.78 is 5.48. The number of carbonyl (C=O) groups excluding carboxylic acids is 1. The van der Waals surface area contributed by atoms with E-state index in [1.54, 1.807) is 49.4 Å². The Balaban J connectivity index is 1.93. The van der Waals surface area contributed by atoms with Crippen molar-refractivity contribution in [3.63, 3.8) is 0 Å². The summed E-state index contributed by atoms with van der Waals surface area (Å²) in [7, 11) is 0. The van der Waals surface area contributed by atoms with Crippen LogP contribution in [0, 0.1) is 0 Å². The second-order valence-electron chi connectivity index (χ2n) is 4.58. The molecule has 2 aromatic rings. The van der Waals surface area contributed by atoms with Crippen LogP contribution in [0.25, 0.3) is 0 Å². The van der Waals surface area contributed by atoms with E-state index in [0.717, 1.165) is 0 Å². The van der Waals surface area contributed by atoms with Crippen LogP contribution in [-0.2, 0) is 4.79 Å². The van der Waals surface area contributed by atoms with Crippen molar-refractivity contribution in [2.75, 3.05) is 0 Å². The number of nitrogens with one attached hydrogen (secondary N) is 1. The van der Waals surface area contributed by atoms with Crippen molar-refractivity contribution < 1.29 is 9.53 Å². The Labute approximate surface area is 149 Å². The largest absolute Gasteiger partial charge is 0.481 e. The van der Waals surface area contributed by atoms with E-state index in [9.17, 15) is 4.79 Å². The Morgan fingerprint density at radius 2 is 1.74 bits per heavy atom. The molecule has 0 spiro atoms. The van der Waals surface area contributed by atoms with E-state index in [-0.39, 0.29) is 0 Å². The molecule has 0 unspecified atom stereocenters. The Kier molecular flexibility index (Phi) is 6.28. The third-order valence-electron chi connectivity index (χ3n) is 2.86. The van der Waals surface area contributed by atoms with Crippen molar-refractivity contribution >= 4 is 46.9 Å². The smallest absolute Gasteiger partial charge is 0.280 e. The molecule has 120 valence electrons. The number of halogens is 3. The molecular weight excluding hydrogens is 359 g/mol. The van der Waals surface area contributed by atoms with E-state index in [1.165, 1.54) is 6.21 Å². The maximum Gasteiger partial charge on any atom is 0.280 e. The van der Waals surface area contributed by atoms with E-state index in [0.29, 0.717) is 26.4 Å². The standard InChI is InChI=1S/C16H13Cl3N2O2/c1-10(23-12-7-5-11(17)6-8-12)16(22)21-20-9-13-14(18)3-2-4-15(13)19/h2-10H,1H3,(H,21,22)/b20-9-/t10-/m0/s1. The maximum absolute atomic E-state index is 11.9. The first-order valence-electron chi connectivity index (χ1n) is 6.66. The minimum absolute atomic E-state index is 0.403. The summed E-state index contributed by atoms with van der Waals surface area (Å²) in [4.78, 5) is 11.9. The van der Waals surface area contributed by atoms with Crippen LogP contribution in [0.4, 0.5) is 0 Å². The Morgan fingerprint density at radius 3 is 2.35 bits per heavy atom. The second kappa shape index (κ2) is 8.20. The van der Waals surface area contributed by atoms with Gasteiger partial charge in [-0.1, -0.05) is 40.9 Å². The predicted molar refractivity (Wildman–Crippen MR) is 93.7 cm³/mol. The number of benzene rings is 2. The summed E-state index contributed by atoms with van der Waals surface area (Å²) in [6.45, 7) is 1.61. The van der Waals surface area contributed by atoms with E-state index >= 15 is 0 Å². The highest BCUT2D eigenvalue weighted by Crippen LogP contribution is 2.22. The van der Waals surface area contributed by atoms with Crippen LogP contribution < -0.4 is 10.2 Å². The highest BCUT2D eigenvalue weighted by Gasteiger charge is 2.14. The SMILES string of the molecule is C[C@H](Oc1ccc(Cl)cc1)C(=O)N/N=C\c1c(Cl)cccc1Cl. The Hall–Kier alpha value is -1.75. The highest BCUT2D eigenvalue weighted by atomic mass is 35.5. The molecular formula is C16H13Cl3N2O2. The molecule has 0 aliphatic rings. The zero-order chi connectivity index (χ0) is 16.8. The molecule has 2 aromatic carbocycles. The minimum Gasteiger partial charge on any atom is -0.481 e. The predicted octanol–water partition coefficient (Wildman–Crippen LogP) is 4.56. The first kappa shape index (κ1) is 17.6. The van der Waals surface area contributed by atoms with Crippen molar-refractivity contribution in [2.45, 2.75) is 13.0 Å². The average molecular weight is 372 g/mol. The first-order chi connectivity index (χ1) is 11.0. The molecule has 1 atom stereocenters. The maximum atomic E-state index is 11.9. The molecule has 0 aliphatic carbocycles. The van der Waals surface area contributed by atoms with E-state index < -0.39 is 12.0 Å². The molecule has 0 saturated heterocycles. The normalized spacial score (nSPS) is 12.2. The number of ether oxygens (including phenoxy) is 1. The van der Waals surface area contributed by atoms with E-state index in [2.05, 4.69) is 10.5 Å². The van der Waals surface area contributed by atoms with Gasteiger partial charge in [-0.25, -0.2) is 5.43 Å². The van der Waals surface area contributed by atoms with Gasteiger partial charge in [0.1, 0.15) is 5.75 Å². The Morgan fingerprint density at radius 1 is 1.13 bits per heavy atom. The number of hydrogen-bond donors (Lipinski definition) is 1. The fraction of sp³-hybridized carbons (Fsp3) is 0.125. The van der Waals surface area contributed by atoms with Gasteiger partial charge in [0.05, 0.1) is 16.3 Å². The number of nitrogens with zero attached hydrogens (tertiary/aromatic N) is 1. The number of carbonyl (C=O) groups is 1. The summed E-state index contributed by atoms with van der Waals surface area (Å²) in [6.07, 6.45) is 0.660. The van der Waals surface area contributed by atoms with Gasteiger partial charge in [0.2, 0.25) is 0 Å². The zero-order valence-electron chi connectivity index (χ0n) is 12.1. The summed E-state index contributed by atoms with van der Waals surface area (Å²) in [5.41, 5.74) is 2.91. The van der Waals surface area contributed by atoms with Crippen LogP contribution in [-0.4, -0.2) is 18.2 Å². The second-order valence-corrected chi connectivity index (χ2v) is 5.83. The molecule has 1 amide bonds. The first-order valence-corrected chi connectivity index (χ1v) is 7.80. The van der Waals surface area contributed by atoms with Gasteiger partial charge in [0.15, 0.2) is 6.10 Å². The lowest BCUT2D eigenvalue weighted by Crippen LogP contribution is -2.33. The molecule has 0 aromatic heterocycles. The summed E-state index contributed by atoms with van der Waals surface area (Å²) in [6, 6.07) is 11.8. The van der Waals surface area contributed by atoms with Gasteiger partial charge in [-0.2, -0.15) is 5.10 Å². The van der Waals surface area contributed by atoms with Crippen LogP contribution in [0.3, 0.4) is 0 Å². The van der Waals surface area contributed by atoms with Crippen LogP contribution in [0.5, 0.6) is 5.75 Å². The van der Waals surface area contributed by atoms with Gasteiger partial charge in [-0.3, -0.25) is 4.79 Å². The number of rotatable bonds is 5. The monoisotopic (exact) mass is 370 g/mol. The fourth-order valence-corrected chi connectivity index (χ4v) is 2.28. The molecule has 0 saturated carbocycles. The van der Waals surface area contributed by atoms with Crippen molar-refractivity contribution in [3.8, 4) is 5.75 Å². The molecule has 2 rings (SSSR count). The third-order valence-corrected chi connectivity index (χ3v) is 3.77. The molecule has 23 heavy (non-hydrogen) atoms. The van der Waals surface area contributed by atoms with Gasteiger partial charge >= 0.3 is 0 Å². The molecule has 0 heterocycles. The van der Waals surface area contributed by atoms with Crippen molar-refractivity contribution in [2.24, 2.45) is 5.10 Å². The Bertz CT molecular complexity index is 698. The van der Waals surface area contributed by atoms with Crippen molar-refractivity contribution in [1.29, 1.82) is 0 Å². The lowest BCUT2D eigenvalue weighted by molar-refractivity contribution is -0.127. The van der Waals surface area contributed by atoms with Gasteiger partial charge in [0.25, 0.3) is 5.91 Å². The molecule has 0 bridgehead atoms. The summed E-state index contributed by atoms with van der Waals surface area (Å²) in [5, 5.41) is 5.33. The lowest BCUT2D eigenvalue weighted by Gasteiger charge is -2.12. The fourth-order valence-electron chi connectivity index (χ4n) is 1.66. The number of hydrogen-bond acceptors (Lipinski definition) is 3. The van der Waals surface area contributed by atoms with Crippen molar-refractivity contribution in [3.05, 3.63) is 63.1 Å². The summed E-state index contributed by atoms with van der Waals surface area (Å²) in [5.74, 6) is 0.134. The average Bonchev–Trinajstić information content (AvgIpc) is 2.52. The highest BCUT2D eigenvalue weighted by molar-refractivity contribution is 6.38. The quantitative estimate of drug-likeness (QED) is 0.618. The summed E-state index contributed by atoms with van der Waals surface area (Å²) >= 11 is 17.8. The van der Waals surface area contributed by atoms with Crippen LogP contribution in [0.1, 0.15) is 12.5 Å². The van der Waals surface area contributed by atoms with Gasteiger partial charge < -0.3 is 4.74 Å². The van der Waals surface area contributed by atoms with Crippen LogP contribution in [0.2, 0.25) is 15.1 Å². The van der Waals surface area contributed by atoms with Crippen LogP contribution >= 0.6 is 34.8 Å². The molecule has 0 fully saturated rings. The topological polar surface area (TPSA) is 50.7 Å². The number of amides is 1. The van der Waals surface area contributed by atoms with Crippen LogP contribution in [0.15, 0.2) is 47.6 Å². The van der Waals surface area contributed by atoms with E-state index in [4.69, 9.17) is 39.5 Å². The lowest BCUT2D eigenvalue weighted by atomic mass is 10.2. The molecule has 1 N–H and O–H groups in total. The van der Waals surface area contributed by atoms with Crippen molar-refractivity contribution in [1.82, 2.24) is 5.43 Å². The minimum atomic E-state index is -0.727. The molecule has 0 aliphatic heterocycles. The zero-order valence-corrected chi connectivity index (χ0v) is 14.4. The molecule has 4 nitrogen and oxygen atoms in total. The van der Waals surface area contributed by atoms with E-state index in [1.807, 2.05) is 0 Å². The van der Waals surface area contributed by atoms with Gasteiger partial charge in [0, 0.05) is 10.6 Å². The van der Waals surface area contributed by atoms with Gasteiger partial charge in [-0.05, 0) is 43.3 Å². The molecule has 7 heteroatoms.